The summed E-state index contributed by atoms with van der Waals surface area (Å²) < 4.78 is 6.86. The molecule has 0 aliphatic carbocycles. The molecule has 112 valence electrons. The van der Waals surface area contributed by atoms with Crippen molar-refractivity contribution in [3.05, 3.63) is 40.5 Å². The highest BCUT2D eigenvalue weighted by Gasteiger charge is 2.19. The number of methoxy groups -OCH3 is 1. The Morgan fingerprint density at radius 3 is 2.36 bits per heavy atom. The van der Waals surface area contributed by atoms with E-state index < -0.39 is 0 Å². The second-order valence-corrected chi connectivity index (χ2v) is 5.24. The Morgan fingerprint density at radius 1 is 1.00 bits per heavy atom. The molecule has 0 fully saturated rings. The topological polar surface area (TPSA) is 65.7 Å². The first kappa shape index (κ1) is 14.7. The van der Waals surface area contributed by atoms with Gasteiger partial charge in [0.1, 0.15) is 11.4 Å². The third-order valence-corrected chi connectivity index (χ3v) is 3.70. The Bertz CT molecular complexity index is 834. The summed E-state index contributed by atoms with van der Waals surface area (Å²) in [6.45, 7) is 0. The Balaban J connectivity index is 2.14. The molecule has 0 aliphatic heterocycles. The highest BCUT2D eigenvalue weighted by Crippen LogP contribution is 2.30. The average molecular weight is 336 g/mol. The van der Waals surface area contributed by atoms with Crippen LogP contribution >= 0.6 is 23.2 Å². The van der Waals surface area contributed by atoms with Gasteiger partial charge in [0, 0.05) is 19.3 Å². The lowest BCUT2D eigenvalue weighted by Gasteiger charge is -2.07. The minimum atomic E-state index is 0.444. The van der Waals surface area contributed by atoms with Gasteiger partial charge in [-0.2, -0.15) is 0 Å². The van der Waals surface area contributed by atoms with Gasteiger partial charge in [-0.05, 0) is 18.2 Å². The van der Waals surface area contributed by atoms with Crippen molar-refractivity contribution in [1.82, 2.24) is 24.7 Å². The van der Waals surface area contributed by atoms with Crippen LogP contribution in [0.5, 0.6) is 5.88 Å². The van der Waals surface area contributed by atoms with E-state index in [9.17, 15) is 0 Å². The molecule has 3 rings (SSSR count). The zero-order valence-corrected chi connectivity index (χ0v) is 13.3. The van der Waals surface area contributed by atoms with Gasteiger partial charge >= 0.3 is 0 Å². The van der Waals surface area contributed by atoms with Crippen molar-refractivity contribution in [3.8, 4) is 28.9 Å². The largest absolute Gasteiger partial charge is 0.481 e. The summed E-state index contributed by atoms with van der Waals surface area (Å²) in [5, 5.41) is 9.25. The smallest absolute Gasteiger partial charge is 0.213 e. The fraction of sp³-hybridized carbons (Fsp3) is 0.143. The Morgan fingerprint density at radius 2 is 1.68 bits per heavy atom. The lowest BCUT2D eigenvalue weighted by atomic mass is 10.3. The first-order chi connectivity index (χ1) is 10.6. The summed E-state index contributed by atoms with van der Waals surface area (Å²) in [5.74, 6) is 1.47. The van der Waals surface area contributed by atoms with Crippen LogP contribution in [0.4, 0.5) is 0 Å². The zero-order valence-electron chi connectivity index (χ0n) is 11.8. The molecule has 0 aromatic carbocycles. The average Bonchev–Trinajstić information content (AvgIpc) is 2.90. The molecule has 0 spiro atoms. The third-order valence-electron chi connectivity index (χ3n) is 3.09. The molecule has 0 saturated heterocycles. The van der Waals surface area contributed by atoms with Gasteiger partial charge < -0.3 is 9.30 Å². The quantitative estimate of drug-likeness (QED) is 0.734. The second kappa shape index (κ2) is 5.90. The number of pyridine rings is 2. The molecule has 0 bridgehead atoms. The zero-order chi connectivity index (χ0) is 15.7. The summed E-state index contributed by atoms with van der Waals surface area (Å²) in [6.07, 6.45) is 1.65. The number of nitrogens with zero attached hydrogens (tertiary/aromatic N) is 5. The standard InChI is InChI=1S/C14H11Cl2N5O/c1-21-13(11-8(15)4-3-7-17-11)19-20-14(21)12-9(16)5-6-10(18-12)22-2/h3-7H,1-2H3. The number of rotatable bonds is 3. The van der Waals surface area contributed by atoms with Crippen LogP contribution in [0.3, 0.4) is 0 Å². The van der Waals surface area contributed by atoms with E-state index in [4.69, 9.17) is 27.9 Å². The molecular formula is C14H11Cl2N5O. The third kappa shape index (κ3) is 2.51. The molecule has 0 atom stereocenters. The Hall–Kier alpha value is -2.18. The first-order valence-corrected chi connectivity index (χ1v) is 7.08. The molecule has 0 aliphatic rings. The van der Waals surface area contributed by atoms with Crippen LogP contribution in [-0.2, 0) is 7.05 Å². The molecule has 0 saturated carbocycles. The fourth-order valence-corrected chi connectivity index (χ4v) is 2.38. The van der Waals surface area contributed by atoms with E-state index >= 15 is 0 Å². The normalized spacial score (nSPS) is 10.7. The van der Waals surface area contributed by atoms with E-state index in [1.54, 1.807) is 42.1 Å². The molecular weight excluding hydrogens is 325 g/mol. The van der Waals surface area contributed by atoms with Crippen molar-refractivity contribution >= 4 is 23.2 Å². The molecule has 3 aromatic heterocycles. The van der Waals surface area contributed by atoms with Gasteiger partial charge in [-0.1, -0.05) is 23.2 Å². The molecule has 22 heavy (non-hydrogen) atoms. The van der Waals surface area contributed by atoms with Crippen LogP contribution in [0.25, 0.3) is 23.0 Å². The Kier molecular flexibility index (Phi) is 3.96. The van der Waals surface area contributed by atoms with Crippen LogP contribution in [0.1, 0.15) is 0 Å². The predicted octanol–water partition coefficient (Wildman–Crippen LogP) is 3.25. The van der Waals surface area contributed by atoms with Crippen LogP contribution in [-0.4, -0.2) is 31.8 Å². The molecule has 0 N–H and O–H groups in total. The van der Waals surface area contributed by atoms with E-state index in [2.05, 4.69) is 20.2 Å². The summed E-state index contributed by atoms with van der Waals surface area (Å²) in [5.41, 5.74) is 1.03. The van der Waals surface area contributed by atoms with Crippen LogP contribution in [0.2, 0.25) is 10.0 Å². The molecule has 3 heterocycles. The first-order valence-electron chi connectivity index (χ1n) is 6.33. The van der Waals surface area contributed by atoms with Crippen LogP contribution in [0, 0.1) is 0 Å². The number of halogens is 2. The highest BCUT2D eigenvalue weighted by molar-refractivity contribution is 6.33. The molecule has 0 amide bonds. The van der Waals surface area contributed by atoms with Crippen molar-refractivity contribution in [2.24, 2.45) is 7.05 Å². The molecule has 3 aromatic rings. The van der Waals surface area contributed by atoms with E-state index in [1.165, 1.54) is 7.11 Å². The van der Waals surface area contributed by atoms with Crippen LogP contribution in [0.15, 0.2) is 30.5 Å². The monoisotopic (exact) mass is 335 g/mol. The second-order valence-electron chi connectivity index (χ2n) is 4.42. The van der Waals surface area contributed by atoms with Crippen molar-refractivity contribution in [2.75, 3.05) is 7.11 Å². The van der Waals surface area contributed by atoms with E-state index in [-0.39, 0.29) is 0 Å². The van der Waals surface area contributed by atoms with Gasteiger partial charge in [0.25, 0.3) is 0 Å². The summed E-state index contributed by atoms with van der Waals surface area (Å²) in [6, 6.07) is 6.88. The van der Waals surface area contributed by atoms with Crippen molar-refractivity contribution in [1.29, 1.82) is 0 Å². The molecule has 0 radical (unpaired) electrons. The van der Waals surface area contributed by atoms with E-state index in [0.717, 1.165) is 0 Å². The van der Waals surface area contributed by atoms with Gasteiger partial charge in [-0.25, -0.2) is 4.98 Å². The summed E-state index contributed by atoms with van der Waals surface area (Å²) in [4.78, 5) is 8.56. The maximum absolute atomic E-state index is 6.21. The van der Waals surface area contributed by atoms with Gasteiger partial charge in [-0.15, -0.1) is 10.2 Å². The van der Waals surface area contributed by atoms with Gasteiger partial charge in [-0.3, -0.25) is 4.98 Å². The SMILES string of the molecule is COc1ccc(Cl)c(-c2nnc(-c3ncccc3Cl)n2C)n1. The van der Waals surface area contributed by atoms with Crippen LogP contribution < -0.4 is 4.74 Å². The Labute approximate surface area is 136 Å². The molecule has 8 heteroatoms. The maximum Gasteiger partial charge on any atom is 0.213 e. The lowest BCUT2D eigenvalue weighted by molar-refractivity contribution is 0.398. The van der Waals surface area contributed by atoms with Gasteiger partial charge in [0.05, 0.1) is 17.2 Å². The minimum Gasteiger partial charge on any atom is -0.481 e. The minimum absolute atomic E-state index is 0.444. The number of hydrogen-bond donors (Lipinski definition) is 0. The maximum atomic E-state index is 6.21. The lowest BCUT2D eigenvalue weighted by Crippen LogP contribution is -2.00. The predicted molar refractivity (Wildman–Crippen MR) is 84.0 cm³/mol. The van der Waals surface area contributed by atoms with Crippen molar-refractivity contribution < 1.29 is 4.74 Å². The van der Waals surface area contributed by atoms with Gasteiger partial charge in [0.15, 0.2) is 11.6 Å². The number of ether oxygens (including phenoxy) is 1. The van der Waals surface area contributed by atoms with Crippen molar-refractivity contribution in [2.45, 2.75) is 0 Å². The number of hydrogen-bond acceptors (Lipinski definition) is 5. The summed E-state index contributed by atoms with van der Waals surface area (Å²) >= 11 is 12.4. The molecule has 0 unspecified atom stereocenters. The van der Waals surface area contributed by atoms with E-state index in [1.807, 2.05) is 0 Å². The highest BCUT2D eigenvalue weighted by atomic mass is 35.5. The molecule has 6 nitrogen and oxygen atoms in total. The summed E-state index contributed by atoms with van der Waals surface area (Å²) in [7, 11) is 3.34. The van der Waals surface area contributed by atoms with Gasteiger partial charge in [0.2, 0.25) is 5.88 Å². The number of aromatic nitrogens is 5. The van der Waals surface area contributed by atoms with Crippen molar-refractivity contribution in [3.63, 3.8) is 0 Å². The fourth-order valence-electron chi connectivity index (χ4n) is 1.99. The van der Waals surface area contributed by atoms with E-state index in [0.29, 0.717) is 39.0 Å².